The number of esters is 1. The second-order valence-corrected chi connectivity index (χ2v) is 7.11. The number of halogens is 1. The van der Waals surface area contributed by atoms with Gasteiger partial charge in [0.25, 0.3) is 0 Å². The number of ether oxygens (including phenoxy) is 1. The zero-order chi connectivity index (χ0) is 18.1. The lowest BCUT2D eigenvalue weighted by atomic mass is 9.86. The SMILES string of the molecule is O=C(O[C@H]1CN2CCC1CC2)[C@@H](O)c1ccc(F)cc1-c1ccccc1. The number of piperidine rings is 3. The van der Waals surface area contributed by atoms with E-state index < -0.39 is 17.9 Å². The largest absolute Gasteiger partial charge is 0.459 e. The van der Waals surface area contributed by atoms with E-state index in [0.717, 1.165) is 38.0 Å². The summed E-state index contributed by atoms with van der Waals surface area (Å²) in [4.78, 5) is 14.9. The van der Waals surface area contributed by atoms with Gasteiger partial charge in [-0.05, 0) is 60.7 Å². The smallest absolute Gasteiger partial charge is 0.340 e. The zero-order valence-electron chi connectivity index (χ0n) is 14.5. The molecule has 0 aliphatic carbocycles. The van der Waals surface area contributed by atoms with Crippen molar-refractivity contribution in [1.29, 1.82) is 0 Å². The van der Waals surface area contributed by atoms with E-state index in [1.54, 1.807) is 0 Å². The Morgan fingerprint density at radius 3 is 2.54 bits per heavy atom. The summed E-state index contributed by atoms with van der Waals surface area (Å²) in [6.07, 6.45) is 0.459. The predicted molar refractivity (Wildman–Crippen MR) is 95.8 cm³/mol. The van der Waals surface area contributed by atoms with Gasteiger partial charge in [-0.1, -0.05) is 36.4 Å². The topological polar surface area (TPSA) is 49.8 Å². The van der Waals surface area contributed by atoms with E-state index in [-0.39, 0.29) is 6.10 Å². The lowest BCUT2D eigenvalue weighted by molar-refractivity contribution is -0.169. The first-order chi connectivity index (χ1) is 12.6. The molecule has 26 heavy (non-hydrogen) atoms. The number of carbonyl (C=O) groups is 1. The highest BCUT2D eigenvalue weighted by molar-refractivity contribution is 5.81. The van der Waals surface area contributed by atoms with Crippen LogP contribution in [0.25, 0.3) is 11.1 Å². The van der Waals surface area contributed by atoms with Gasteiger partial charge in [0.2, 0.25) is 0 Å². The van der Waals surface area contributed by atoms with E-state index >= 15 is 0 Å². The highest BCUT2D eigenvalue weighted by Gasteiger charge is 2.37. The van der Waals surface area contributed by atoms with Crippen LogP contribution in [0, 0.1) is 11.7 Å². The second-order valence-electron chi connectivity index (χ2n) is 7.11. The van der Waals surface area contributed by atoms with E-state index in [0.29, 0.717) is 17.0 Å². The van der Waals surface area contributed by atoms with E-state index in [1.807, 2.05) is 30.3 Å². The third-order valence-corrected chi connectivity index (χ3v) is 5.48. The van der Waals surface area contributed by atoms with E-state index in [2.05, 4.69) is 4.90 Å². The van der Waals surface area contributed by atoms with Gasteiger partial charge in [-0.2, -0.15) is 0 Å². The number of benzene rings is 2. The summed E-state index contributed by atoms with van der Waals surface area (Å²) in [5.41, 5.74) is 1.62. The van der Waals surface area contributed by atoms with Gasteiger partial charge >= 0.3 is 5.97 Å². The average Bonchev–Trinajstić information content (AvgIpc) is 2.69. The van der Waals surface area contributed by atoms with Crippen LogP contribution in [-0.4, -0.2) is 41.7 Å². The summed E-state index contributed by atoms with van der Waals surface area (Å²) >= 11 is 0. The first-order valence-corrected chi connectivity index (χ1v) is 9.07. The molecule has 136 valence electrons. The Morgan fingerprint density at radius 1 is 1.15 bits per heavy atom. The average molecular weight is 355 g/mol. The molecule has 0 radical (unpaired) electrons. The Hall–Kier alpha value is -2.24. The summed E-state index contributed by atoms with van der Waals surface area (Å²) in [6.45, 7) is 2.84. The first kappa shape index (κ1) is 17.2. The summed E-state index contributed by atoms with van der Waals surface area (Å²) in [5, 5.41) is 10.6. The van der Waals surface area contributed by atoms with Crippen molar-refractivity contribution in [3.63, 3.8) is 0 Å². The van der Waals surface area contributed by atoms with Crippen LogP contribution in [0.5, 0.6) is 0 Å². The number of nitrogens with zero attached hydrogens (tertiary/aromatic N) is 1. The fourth-order valence-corrected chi connectivity index (χ4v) is 4.02. The summed E-state index contributed by atoms with van der Waals surface area (Å²) in [7, 11) is 0. The highest BCUT2D eigenvalue weighted by Crippen LogP contribution is 2.33. The monoisotopic (exact) mass is 355 g/mol. The molecule has 0 unspecified atom stereocenters. The molecule has 0 aromatic heterocycles. The molecule has 5 heteroatoms. The third-order valence-electron chi connectivity index (χ3n) is 5.48. The van der Waals surface area contributed by atoms with E-state index in [9.17, 15) is 14.3 Å². The number of carbonyl (C=O) groups excluding carboxylic acids is 1. The van der Waals surface area contributed by atoms with Gasteiger partial charge in [0.1, 0.15) is 11.9 Å². The molecule has 2 aromatic carbocycles. The minimum atomic E-state index is -1.43. The van der Waals surface area contributed by atoms with Crippen molar-refractivity contribution in [2.75, 3.05) is 19.6 Å². The van der Waals surface area contributed by atoms with Gasteiger partial charge in [0, 0.05) is 6.54 Å². The van der Waals surface area contributed by atoms with Crippen molar-refractivity contribution in [2.24, 2.45) is 5.92 Å². The summed E-state index contributed by atoms with van der Waals surface area (Å²) in [5.74, 6) is -0.698. The molecule has 3 aliphatic heterocycles. The molecule has 0 saturated carbocycles. The Balaban J connectivity index is 1.56. The minimum absolute atomic E-state index is 0.166. The quantitative estimate of drug-likeness (QED) is 0.856. The summed E-state index contributed by atoms with van der Waals surface area (Å²) < 4.78 is 19.4. The molecule has 5 rings (SSSR count). The Kier molecular flexibility index (Phi) is 4.74. The van der Waals surface area contributed by atoms with Crippen LogP contribution in [0.2, 0.25) is 0 Å². The molecule has 3 saturated heterocycles. The molecule has 4 nitrogen and oxygen atoms in total. The first-order valence-electron chi connectivity index (χ1n) is 9.07. The van der Waals surface area contributed by atoms with Crippen molar-refractivity contribution in [3.8, 4) is 11.1 Å². The van der Waals surface area contributed by atoms with Crippen LogP contribution in [0.3, 0.4) is 0 Å². The lowest BCUT2D eigenvalue weighted by Gasteiger charge is -2.44. The fourth-order valence-electron chi connectivity index (χ4n) is 4.02. The lowest BCUT2D eigenvalue weighted by Crippen LogP contribution is -2.52. The fraction of sp³-hybridized carbons (Fsp3) is 0.381. The summed E-state index contributed by atoms with van der Waals surface area (Å²) in [6, 6.07) is 13.2. The van der Waals surface area contributed by atoms with Gasteiger partial charge in [0.15, 0.2) is 6.10 Å². The third kappa shape index (κ3) is 3.37. The van der Waals surface area contributed by atoms with Crippen molar-refractivity contribution in [3.05, 3.63) is 59.9 Å². The molecule has 2 aromatic rings. The van der Waals surface area contributed by atoms with Crippen LogP contribution < -0.4 is 0 Å². The van der Waals surface area contributed by atoms with E-state index in [1.165, 1.54) is 18.2 Å². The predicted octanol–water partition coefficient (Wildman–Crippen LogP) is 3.16. The maximum atomic E-state index is 13.8. The maximum absolute atomic E-state index is 13.8. The molecule has 2 bridgehead atoms. The zero-order valence-corrected chi connectivity index (χ0v) is 14.5. The Labute approximate surface area is 152 Å². The molecule has 0 spiro atoms. The second kappa shape index (κ2) is 7.17. The molecule has 0 amide bonds. The molecule has 3 fully saturated rings. The normalized spacial score (nSPS) is 25.7. The van der Waals surface area contributed by atoms with Gasteiger partial charge in [-0.25, -0.2) is 9.18 Å². The molecular formula is C21H22FNO3. The van der Waals surface area contributed by atoms with Crippen molar-refractivity contribution in [1.82, 2.24) is 4.90 Å². The van der Waals surface area contributed by atoms with Crippen molar-refractivity contribution in [2.45, 2.75) is 25.0 Å². The molecule has 3 aliphatic rings. The van der Waals surface area contributed by atoms with Crippen LogP contribution in [0.4, 0.5) is 4.39 Å². The molecule has 3 heterocycles. The standard InChI is InChI=1S/C21H22FNO3/c22-16-6-7-17(18(12-16)14-4-2-1-3-5-14)20(24)21(25)26-19-13-23-10-8-15(19)9-11-23/h1-7,12,15,19-20,24H,8-11,13H2/t19-,20-/m0/s1. The molecular weight excluding hydrogens is 333 g/mol. The molecule has 1 N–H and O–H groups in total. The number of hydrogen-bond acceptors (Lipinski definition) is 4. The highest BCUT2D eigenvalue weighted by atomic mass is 19.1. The maximum Gasteiger partial charge on any atom is 0.340 e. The van der Waals surface area contributed by atoms with E-state index in [4.69, 9.17) is 4.74 Å². The number of hydrogen-bond donors (Lipinski definition) is 1. The Bertz CT molecular complexity index is 787. The minimum Gasteiger partial charge on any atom is -0.459 e. The van der Waals surface area contributed by atoms with Crippen LogP contribution in [0.15, 0.2) is 48.5 Å². The Morgan fingerprint density at radius 2 is 1.88 bits per heavy atom. The number of rotatable bonds is 4. The van der Waals surface area contributed by atoms with Gasteiger partial charge < -0.3 is 9.84 Å². The van der Waals surface area contributed by atoms with Gasteiger partial charge in [-0.3, -0.25) is 4.90 Å². The number of aliphatic hydroxyl groups excluding tert-OH is 1. The van der Waals surface area contributed by atoms with Gasteiger partial charge in [-0.15, -0.1) is 0 Å². The van der Waals surface area contributed by atoms with Gasteiger partial charge in [0.05, 0.1) is 0 Å². The van der Waals surface area contributed by atoms with Crippen LogP contribution in [-0.2, 0) is 9.53 Å². The van der Waals surface area contributed by atoms with Crippen molar-refractivity contribution < 1.29 is 19.0 Å². The molecule has 2 atom stereocenters. The number of aliphatic hydroxyl groups is 1. The van der Waals surface area contributed by atoms with Crippen LogP contribution >= 0.6 is 0 Å². The van der Waals surface area contributed by atoms with Crippen LogP contribution in [0.1, 0.15) is 24.5 Å². The number of fused-ring (bicyclic) bond motifs is 3. The van der Waals surface area contributed by atoms with Crippen molar-refractivity contribution >= 4 is 5.97 Å².